The number of benzene rings is 1. The summed E-state index contributed by atoms with van der Waals surface area (Å²) in [5.41, 5.74) is 1.40. The van der Waals surface area contributed by atoms with Crippen molar-refractivity contribution in [2.45, 2.75) is 31.3 Å². The Morgan fingerprint density at radius 3 is 2.71 bits per heavy atom. The van der Waals surface area contributed by atoms with Crippen LogP contribution >= 0.6 is 0 Å². The Bertz CT molecular complexity index is 291. The highest BCUT2D eigenvalue weighted by Gasteiger charge is 2.19. The summed E-state index contributed by atoms with van der Waals surface area (Å²) in [5.74, 6) is 0. The van der Waals surface area contributed by atoms with Crippen molar-refractivity contribution in [3.8, 4) is 0 Å². The average molecular weight is 187 g/mol. The van der Waals surface area contributed by atoms with E-state index >= 15 is 0 Å². The fourth-order valence-electron chi connectivity index (χ4n) is 2.10. The molecule has 1 aromatic rings. The summed E-state index contributed by atoms with van der Waals surface area (Å²) >= 11 is 0. The molecule has 14 heavy (non-hydrogen) atoms. The minimum Gasteiger partial charge on any atom is -0.304 e. The average Bonchev–Trinajstić information content (AvgIpc) is 2.30. The van der Waals surface area contributed by atoms with Gasteiger partial charge in [-0.25, -0.2) is 0 Å². The van der Waals surface area contributed by atoms with Crippen LogP contribution in [0.1, 0.15) is 30.9 Å². The Balaban J connectivity index is 2.08. The number of piperidine rings is 1. The number of hydrogen-bond acceptors (Lipinski definition) is 1. The lowest BCUT2D eigenvalue weighted by atomic mass is 9.93. The van der Waals surface area contributed by atoms with Gasteiger partial charge in [0.2, 0.25) is 0 Å². The maximum atomic E-state index is 3.85. The molecule has 1 aliphatic heterocycles. The first kappa shape index (κ1) is 9.47. The Morgan fingerprint density at radius 1 is 1.21 bits per heavy atom. The molecule has 1 aromatic carbocycles. The van der Waals surface area contributed by atoms with Crippen LogP contribution in [0.3, 0.4) is 0 Å². The first-order valence-electron chi connectivity index (χ1n) is 5.33. The van der Waals surface area contributed by atoms with E-state index in [9.17, 15) is 0 Å². The number of hydrogen-bond donors (Lipinski definition) is 1. The topological polar surface area (TPSA) is 12.0 Å². The fraction of sp³-hybridized carbons (Fsp3) is 0.385. The second kappa shape index (κ2) is 4.43. The van der Waals surface area contributed by atoms with E-state index in [-0.39, 0.29) is 0 Å². The van der Waals surface area contributed by atoms with Gasteiger partial charge in [0.15, 0.2) is 0 Å². The lowest BCUT2D eigenvalue weighted by Gasteiger charge is -2.29. The highest BCUT2D eigenvalue weighted by atomic mass is 15.0. The smallest absolute Gasteiger partial charge is 0.0325 e. The molecule has 2 unspecified atom stereocenters. The summed E-state index contributed by atoms with van der Waals surface area (Å²) in [6.07, 6.45) is 5.79. The summed E-state index contributed by atoms with van der Waals surface area (Å²) < 4.78 is 0. The third kappa shape index (κ3) is 2.05. The summed E-state index contributed by atoms with van der Waals surface area (Å²) in [4.78, 5) is 0. The quantitative estimate of drug-likeness (QED) is 0.702. The van der Waals surface area contributed by atoms with E-state index in [1.807, 2.05) is 6.08 Å². The second-order valence-corrected chi connectivity index (χ2v) is 3.90. The standard InChI is InChI=1S/C13H17N/c1-2-12-9-6-10-13(14-12)11-7-4-3-5-8-11/h2-5,7-8,12-14H,1,6,9-10H2. The largest absolute Gasteiger partial charge is 0.304 e. The van der Waals surface area contributed by atoms with Crippen molar-refractivity contribution in [1.82, 2.24) is 5.32 Å². The predicted molar refractivity (Wildman–Crippen MR) is 60.2 cm³/mol. The monoisotopic (exact) mass is 187 g/mol. The van der Waals surface area contributed by atoms with E-state index in [0.717, 1.165) is 0 Å². The van der Waals surface area contributed by atoms with Gasteiger partial charge in [-0.2, -0.15) is 0 Å². The Hall–Kier alpha value is -1.08. The van der Waals surface area contributed by atoms with Gasteiger partial charge >= 0.3 is 0 Å². The van der Waals surface area contributed by atoms with E-state index in [2.05, 4.69) is 42.2 Å². The molecule has 1 N–H and O–H groups in total. The summed E-state index contributed by atoms with van der Waals surface area (Å²) in [6.45, 7) is 3.85. The third-order valence-corrected chi connectivity index (χ3v) is 2.91. The first-order chi connectivity index (χ1) is 6.90. The number of nitrogens with one attached hydrogen (secondary N) is 1. The molecular weight excluding hydrogens is 170 g/mol. The molecule has 1 saturated heterocycles. The highest BCUT2D eigenvalue weighted by molar-refractivity contribution is 5.19. The Kier molecular flexibility index (Phi) is 3.00. The fourth-order valence-corrected chi connectivity index (χ4v) is 2.10. The molecule has 0 saturated carbocycles. The predicted octanol–water partition coefficient (Wildman–Crippen LogP) is 3.06. The second-order valence-electron chi connectivity index (χ2n) is 3.90. The lowest BCUT2D eigenvalue weighted by molar-refractivity contribution is 0.363. The SMILES string of the molecule is C=CC1CCCC(c2ccccc2)N1. The van der Waals surface area contributed by atoms with Gasteiger partial charge in [0, 0.05) is 12.1 Å². The molecule has 0 aliphatic carbocycles. The zero-order chi connectivity index (χ0) is 9.80. The molecule has 0 amide bonds. The van der Waals surface area contributed by atoms with Crippen molar-refractivity contribution in [1.29, 1.82) is 0 Å². The van der Waals surface area contributed by atoms with Gasteiger partial charge in [0.25, 0.3) is 0 Å². The van der Waals surface area contributed by atoms with Crippen LogP contribution in [-0.4, -0.2) is 6.04 Å². The molecule has 1 aliphatic rings. The molecule has 0 spiro atoms. The van der Waals surface area contributed by atoms with Gasteiger partial charge in [0.05, 0.1) is 0 Å². The molecule has 0 radical (unpaired) electrons. The van der Waals surface area contributed by atoms with Gasteiger partial charge in [-0.15, -0.1) is 6.58 Å². The minimum atomic E-state index is 0.494. The van der Waals surface area contributed by atoms with E-state index in [4.69, 9.17) is 0 Å². The van der Waals surface area contributed by atoms with Crippen molar-refractivity contribution in [2.75, 3.05) is 0 Å². The molecule has 1 nitrogen and oxygen atoms in total. The van der Waals surface area contributed by atoms with E-state index in [0.29, 0.717) is 12.1 Å². The first-order valence-corrected chi connectivity index (χ1v) is 5.33. The molecule has 1 heterocycles. The Morgan fingerprint density at radius 2 is 2.00 bits per heavy atom. The molecular formula is C13H17N. The van der Waals surface area contributed by atoms with E-state index in [1.165, 1.54) is 24.8 Å². The molecule has 1 fully saturated rings. The third-order valence-electron chi connectivity index (χ3n) is 2.91. The normalized spacial score (nSPS) is 27.1. The van der Waals surface area contributed by atoms with E-state index in [1.54, 1.807) is 0 Å². The van der Waals surface area contributed by atoms with E-state index < -0.39 is 0 Å². The maximum Gasteiger partial charge on any atom is 0.0325 e. The van der Waals surface area contributed by atoms with Gasteiger partial charge in [-0.3, -0.25) is 0 Å². The van der Waals surface area contributed by atoms with Crippen LogP contribution in [0, 0.1) is 0 Å². The van der Waals surface area contributed by atoms with Gasteiger partial charge in [0.1, 0.15) is 0 Å². The summed E-state index contributed by atoms with van der Waals surface area (Å²) in [5, 5.41) is 3.60. The maximum absolute atomic E-state index is 3.85. The van der Waals surface area contributed by atoms with Crippen molar-refractivity contribution >= 4 is 0 Å². The van der Waals surface area contributed by atoms with Crippen LogP contribution in [0.15, 0.2) is 43.0 Å². The van der Waals surface area contributed by atoms with Crippen LogP contribution in [-0.2, 0) is 0 Å². The number of rotatable bonds is 2. The summed E-state index contributed by atoms with van der Waals surface area (Å²) in [7, 11) is 0. The Labute approximate surface area is 85.8 Å². The van der Waals surface area contributed by atoms with Crippen molar-refractivity contribution in [3.63, 3.8) is 0 Å². The minimum absolute atomic E-state index is 0.494. The molecule has 2 atom stereocenters. The van der Waals surface area contributed by atoms with Crippen LogP contribution in [0.4, 0.5) is 0 Å². The van der Waals surface area contributed by atoms with Gasteiger partial charge < -0.3 is 5.32 Å². The molecule has 0 bridgehead atoms. The lowest BCUT2D eigenvalue weighted by Crippen LogP contribution is -2.35. The van der Waals surface area contributed by atoms with Gasteiger partial charge in [-0.05, 0) is 24.8 Å². The van der Waals surface area contributed by atoms with Crippen LogP contribution in [0.25, 0.3) is 0 Å². The highest BCUT2D eigenvalue weighted by Crippen LogP contribution is 2.25. The zero-order valence-corrected chi connectivity index (χ0v) is 8.45. The van der Waals surface area contributed by atoms with Crippen LogP contribution in [0.2, 0.25) is 0 Å². The molecule has 1 heteroatoms. The van der Waals surface area contributed by atoms with Crippen LogP contribution in [0.5, 0.6) is 0 Å². The van der Waals surface area contributed by atoms with Crippen molar-refractivity contribution < 1.29 is 0 Å². The van der Waals surface area contributed by atoms with Crippen molar-refractivity contribution in [3.05, 3.63) is 48.6 Å². The molecule has 74 valence electrons. The van der Waals surface area contributed by atoms with Gasteiger partial charge in [-0.1, -0.05) is 36.4 Å². The molecule has 2 rings (SSSR count). The zero-order valence-electron chi connectivity index (χ0n) is 8.45. The molecule has 0 aromatic heterocycles. The van der Waals surface area contributed by atoms with Crippen LogP contribution < -0.4 is 5.32 Å². The summed E-state index contributed by atoms with van der Waals surface area (Å²) in [6, 6.07) is 11.7. The van der Waals surface area contributed by atoms with Crippen molar-refractivity contribution in [2.24, 2.45) is 0 Å².